The van der Waals surface area contributed by atoms with Gasteiger partial charge in [-0.3, -0.25) is 9.59 Å². The van der Waals surface area contributed by atoms with E-state index in [0.29, 0.717) is 24.8 Å². The van der Waals surface area contributed by atoms with Crippen LogP contribution < -0.4 is 5.32 Å². The van der Waals surface area contributed by atoms with E-state index in [9.17, 15) is 9.59 Å². The predicted octanol–water partition coefficient (Wildman–Crippen LogP) is 2.99. The Morgan fingerprint density at radius 1 is 1.30 bits per heavy atom. The number of carbonyl (C=O) groups is 2. The Labute approximate surface area is 121 Å². The van der Waals surface area contributed by atoms with Gasteiger partial charge in [-0.05, 0) is 43.9 Å². The molecule has 0 aliphatic heterocycles. The van der Waals surface area contributed by atoms with Gasteiger partial charge in [0.2, 0.25) is 5.91 Å². The van der Waals surface area contributed by atoms with E-state index >= 15 is 0 Å². The number of hydrogen-bond acceptors (Lipinski definition) is 2. The molecule has 2 unspecified atom stereocenters. The van der Waals surface area contributed by atoms with E-state index in [-0.39, 0.29) is 18.2 Å². The Balaban J connectivity index is 2.27. The molecule has 0 aromatic carbocycles. The van der Waals surface area contributed by atoms with Gasteiger partial charge in [-0.2, -0.15) is 0 Å². The third-order valence-electron chi connectivity index (χ3n) is 4.13. The first-order valence-electron chi connectivity index (χ1n) is 7.65. The number of hydrogen-bond donors (Lipinski definition) is 2. The van der Waals surface area contributed by atoms with Gasteiger partial charge in [0.15, 0.2) is 0 Å². The largest absolute Gasteiger partial charge is 0.481 e. The molecule has 0 saturated heterocycles. The molecule has 1 amide bonds. The van der Waals surface area contributed by atoms with Crippen LogP contribution in [-0.4, -0.2) is 23.5 Å². The van der Waals surface area contributed by atoms with Crippen LogP contribution in [0.2, 0.25) is 0 Å². The van der Waals surface area contributed by atoms with Gasteiger partial charge in [-0.25, -0.2) is 0 Å². The molecule has 1 rings (SSSR count). The molecule has 20 heavy (non-hydrogen) atoms. The van der Waals surface area contributed by atoms with Gasteiger partial charge >= 0.3 is 5.97 Å². The summed E-state index contributed by atoms with van der Waals surface area (Å²) in [6, 6.07) is 0. The Morgan fingerprint density at radius 2 is 2.05 bits per heavy atom. The maximum absolute atomic E-state index is 12.0. The summed E-state index contributed by atoms with van der Waals surface area (Å²) < 4.78 is 0. The molecule has 0 fully saturated rings. The number of carbonyl (C=O) groups excluding carboxylic acids is 1. The third-order valence-corrected chi connectivity index (χ3v) is 4.13. The minimum absolute atomic E-state index is 0.122. The molecule has 0 aromatic heterocycles. The number of nitrogens with one attached hydrogen (secondary N) is 1. The van der Waals surface area contributed by atoms with Crippen LogP contribution in [0.25, 0.3) is 0 Å². The average Bonchev–Trinajstić information content (AvgIpc) is 2.42. The zero-order valence-electron chi connectivity index (χ0n) is 12.6. The highest BCUT2D eigenvalue weighted by molar-refractivity contribution is 5.78. The quantitative estimate of drug-likeness (QED) is 0.672. The summed E-state index contributed by atoms with van der Waals surface area (Å²) in [6.45, 7) is 4.88. The Hall–Kier alpha value is -1.32. The average molecular weight is 281 g/mol. The van der Waals surface area contributed by atoms with Crippen LogP contribution in [0.15, 0.2) is 12.2 Å². The topological polar surface area (TPSA) is 66.4 Å². The smallest absolute Gasteiger partial charge is 0.303 e. The third kappa shape index (κ3) is 6.22. The maximum Gasteiger partial charge on any atom is 0.303 e. The normalized spacial score (nSPS) is 19.9. The van der Waals surface area contributed by atoms with Crippen molar-refractivity contribution in [1.29, 1.82) is 0 Å². The van der Waals surface area contributed by atoms with Gasteiger partial charge in [-0.15, -0.1) is 0 Å². The highest BCUT2D eigenvalue weighted by Crippen LogP contribution is 2.21. The Kier molecular flexibility index (Phi) is 7.34. The summed E-state index contributed by atoms with van der Waals surface area (Å²) in [6.07, 6.45) is 8.75. The summed E-state index contributed by atoms with van der Waals surface area (Å²) in [5.74, 6) is 0.335. The standard InChI is InChI=1S/C16H27NO3/c1-12(2)13(8-9-15(18)19)10-11-17-16(20)14-6-4-3-5-7-14/h3-4,12-14H,5-11H2,1-2H3,(H,17,20)(H,18,19). The zero-order chi connectivity index (χ0) is 15.0. The molecule has 4 nitrogen and oxygen atoms in total. The molecule has 0 saturated carbocycles. The van der Waals surface area contributed by atoms with E-state index in [1.54, 1.807) is 0 Å². The van der Waals surface area contributed by atoms with Crippen molar-refractivity contribution in [3.05, 3.63) is 12.2 Å². The van der Waals surface area contributed by atoms with Crippen molar-refractivity contribution in [2.75, 3.05) is 6.54 Å². The Morgan fingerprint density at radius 3 is 2.60 bits per heavy atom. The van der Waals surface area contributed by atoms with E-state index in [2.05, 4.69) is 31.3 Å². The molecule has 0 radical (unpaired) electrons. The van der Waals surface area contributed by atoms with Crippen molar-refractivity contribution in [3.8, 4) is 0 Å². The summed E-state index contributed by atoms with van der Waals surface area (Å²) >= 11 is 0. The van der Waals surface area contributed by atoms with E-state index in [0.717, 1.165) is 25.7 Å². The van der Waals surface area contributed by atoms with Crippen LogP contribution in [0.4, 0.5) is 0 Å². The van der Waals surface area contributed by atoms with Crippen LogP contribution in [0.5, 0.6) is 0 Å². The second-order valence-corrected chi connectivity index (χ2v) is 6.00. The second-order valence-electron chi connectivity index (χ2n) is 6.00. The minimum Gasteiger partial charge on any atom is -0.481 e. The molecular weight excluding hydrogens is 254 g/mol. The molecule has 4 heteroatoms. The van der Waals surface area contributed by atoms with Crippen molar-refractivity contribution >= 4 is 11.9 Å². The fourth-order valence-electron chi connectivity index (χ4n) is 2.68. The number of carboxylic acid groups (broad SMARTS) is 1. The van der Waals surface area contributed by atoms with E-state index in [1.807, 2.05) is 0 Å². The van der Waals surface area contributed by atoms with Crippen molar-refractivity contribution in [3.63, 3.8) is 0 Å². The van der Waals surface area contributed by atoms with Crippen LogP contribution in [0.3, 0.4) is 0 Å². The molecule has 0 bridgehead atoms. The zero-order valence-corrected chi connectivity index (χ0v) is 12.6. The van der Waals surface area contributed by atoms with Crippen LogP contribution in [0.1, 0.15) is 52.4 Å². The molecule has 114 valence electrons. The number of aliphatic carboxylic acids is 1. The van der Waals surface area contributed by atoms with Crippen LogP contribution in [-0.2, 0) is 9.59 Å². The fourth-order valence-corrected chi connectivity index (χ4v) is 2.68. The highest BCUT2D eigenvalue weighted by atomic mass is 16.4. The van der Waals surface area contributed by atoms with Gasteiger partial charge in [0.1, 0.15) is 0 Å². The van der Waals surface area contributed by atoms with E-state index < -0.39 is 5.97 Å². The lowest BCUT2D eigenvalue weighted by molar-refractivity contribution is -0.137. The van der Waals surface area contributed by atoms with Crippen molar-refractivity contribution in [2.24, 2.45) is 17.8 Å². The van der Waals surface area contributed by atoms with Gasteiger partial charge in [0.05, 0.1) is 0 Å². The second kappa shape index (κ2) is 8.77. The summed E-state index contributed by atoms with van der Waals surface area (Å²) in [7, 11) is 0. The van der Waals surface area contributed by atoms with Crippen molar-refractivity contribution < 1.29 is 14.7 Å². The molecule has 1 aliphatic carbocycles. The molecule has 0 heterocycles. The maximum atomic E-state index is 12.0. The number of carboxylic acids is 1. The lowest BCUT2D eigenvalue weighted by atomic mass is 9.88. The van der Waals surface area contributed by atoms with E-state index in [4.69, 9.17) is 5.11 Å². The van der Waals surface area contributed by atoms with Gasteiger partial charge < -0.3 is 10.4 Å². The lowest BCUT2D eigenvalue weighted by Crippen LogP contribution is -2.33. The fraction of sp³-hybridized carbons (Fsp3) is 0.750. The molecule has 0 aromatic rings. The molecular formula is C16H27NO3. The summed E-state index contributed by atoms with van der Waals surface area (Å²) in [5, 5.41) is 11.8. The Bertz CT molecular complexity index is 350. The number of rotatable bonds is 8. The van der Waals surface area contributed by atoms with Crippen LogP contribution in [0, 0.1) is 17.8 Å². The van der Waals surface area contributed by atoms with Crippen LogP contribution >= 0.6 is 0 Å². The van der Waals surface area contributed by atoms with Crippen molar-refractivity contribution in [1.82, 2.24) is 5.32 Å². The molecule has 1 aliphatic rings. The molecule has 0 spiro atoms. The molecule has 2 atom stereocenters. The van der Waals surface area contributed by atoms with Gasteiger partial charge in [0.25, 0.3) is 0 Å². The first-order valence-corrected chi connectivity index (χ1v) is 7.65. The first kappa shape index (κ1) is 16.7. The number of allylic oxidation sites excluding steroid dienone is 2. The van der Waals surface area contributed by atoms with E-state index in [1.165, 1.54) is 0 Å². The first-order chi connectivity index (χ1) is 9.50. The SMILES string of the molecule is CC(C)C(CCNC(=O)C1CC=CCC1)CCC(=O)O. The minimum atomic E-state index is -0.742. The summed E-state index contributed by atoms with van der Waals surface area (Å²) in [4.78, 5) is 22.6. The monoisotopic (exact) mass is 281 g/mol. The highest BCUT2D eigenvalue weighted by Gasteiger charge is 2.19. The van der Waals surface area contributed by atoms with Gasteiger partial charge in [0, 0.05) is 18.9 Å². The number of amides is 1. The predicted molar refractivity (Wildman–Crippen MR) is 79.3 cm³/mol. The van der Waals surface area contributed by atoms with Gasteiger partial charge in [-0.1, -0.05) is 26.0 Å². The lowest BCUT2D eigenvalue weighted by Gasteiger charge is -2.22. The van der Waals surface area contributed by atoms with Crippen molar-refractivity contribution in [2.45, 2.75) is 52.4 Å². The molecule has 2 N–H and O–H groups in total. The summed E-state index contributed by atoms with van der Waals surface area (Å²) in [5.41, 5.74) is 0.